The third kappa shape index (κ3) is 1.68. The van der Waals surface area contributed by atoms with Gasteiger partial charge in [0.25, 0.3) is 0 Å². The maximum absolute atomic E-state index is 5.69. The summed E-state index contributed by atoms with van der Waals surface area (Å²) in [6.07, 6.45) is 5.64. The molecule has 0 aliphatic carbocycles. The molecule has 2 rings (SSSR count). The van der Waals surface area contributed by atoms with Crippen molar-refractivity contribution in [3.8, 4) is 0 Å². The van der Waals surface area contributed by atoms with Crippen molar-refractivity contribution in [3.63, 3.8) is 0 Å². The number of hydrogen-bond acceptors (Lipinski definition) is 2. The third-order valence-corrected chi connectivity index (χ3v) is 3.69. The van der Waals surface area contributed by atoms with Gasteiger partial charge in [0.2, 0.25) is 0 Å². The molecule has 0 aromatic carbocycles. The summed E-state index contributed by atoms with van der Waals surface area (Å²) >= 11 is 3.47. The van der Waals surface area contributed by atoms with Gasteiger partial charge in [-0.25, -0.2) is 0 Å². The Hall–Kier alpha value is 0.400. The first kappa shape index (κ1) is 8.97. The predicted octanol–water partition coefficient (Wildman–Crippen LogP) is 1.68. The van der Waals surface area contributed by atoms with Crippen molar-refractivity contribution < 1.29 is 4.74 Å². The average Bonchev–Trinajstić information content (AvgIpc) is 2.50. The highest BCUT2D eigenvalue weighted by Crippen LogP contribution is 2.31. The van der Waals surface area contributed by atoms with Crippen LogP contribution < -0.4 is 5.32 Å². The molecule has 70 valence electrons. The smallest absolute Gasteiger partial charge is 0.0691 e. The van der Waals surface area contributed by atoms with E-state index in [1.807, 2.05) is 0 Å². The van der Waals surface area contributed by atoms with Crippen LogP contribution in [0.15, 0.2) is 0 Å². The molecule has 0 saturated carbocycles. The van der Waals surface area contributed by atoms with Crippen molar-refractivity contribution in [2.75, 3.05) is 18.5 Å². The molecule has 2 nitrogen and oxygen atoms in total. The Balaban J connectivity index is 1.94. The van der Waals surface area contributed by atoms with E-state index in [0.29, 0.717) is 11.6 Å². The maximum Gasteiger partial charge on any atom is 0.0691 e. The standard InChI is InChI=1S/C9H16BrNO/c10-6-8-5-9(7-12-8)3-1-2-4-11-9/h8,11H,1-7H2/t8-,9-/m0/s1. The molecule has 2 atom stereocenters. The highest BCUT2D eigenvalue weighted by Gasteiger charge is 2.40. The predicted molar refractivity (Wildman–Crippen MR) is 52.7 cm³/mol. The van der Waals surface area contributed by atoms with Crippen molar-refractivity contribution in [1.82, 2.24) is 5.32 Å². The molecule has 0 aromatic heterocycles. The lowest BCUT2D eigenvalue weighted by molar-refractivity contribution is 0.111. The monoisotopic (exact) mass is 233 g/mol. The summed E-state index contributed by atoms with van der Waals surface area (Å²) in [7, 11) is 0. The van der Waals surface area contributed by atoms with Gasteiger partial charge in [0, 0.05) is 10.9 Å². The molecule has 2 aliphatic heterocycles. The summed E-state index contributed by atoms with van der Waals surface area (Å²) in [6.45, 7) is 2.10. The van der Waals surface area contributed by atoms with Crippen molar-refractivity contribution in [3.05, 3.63) is 0 Å². The molecular weight excluding hydrogens is 218 g/mol. The Morgan fingerprint density at radius 1 is 1.50 bits per heavy atom. The van der Waals surface area contributed by atoms with Gasteiger partial charge in [-0.3, -0.25) is 0 Å². The van der Waals surface area contributed by atoms with E-state index in [2.05, 4.69) is 21.2 Å². The van der Waals surface area contributed by atoms with E-state index < -0.39 is 0 Å². The molecule has 2 saturated heterocycles. The summed E-state index contributed by atoms with van der Waals surface area (Å²) in [6, 6.07) is 0. The molecule has 3 heteroatoms. The van der Waals surface area contributed by atoms with Gasteiger partial charge in [-0.2, -0.15) is 0 Å². The summed E-state index contributed by atoms with van der Waals surface area (Å²) in [4.78, 5) is 0. The van der Waals surface area contributed by atoms with E-state index >= 15 is 0 Å². The average molecular weight is 234 g/mol. The summed E-state index contributed by atoms with van der Waals surface area (Å²) in [5.41, 5.74) is 0.344. The second-order valence-electron chi connectivity index (χ2n) is 3.96. The van der Waals surface area contributed by atoms with Gasteiger partial charge in [-0.1, -0.05) is 22.4 Å². The first-order valence-electron chi connectivity index (χ1n) is 4.77. The van der Waals surface area contributed by atoms with E-state index in [1.165, 1.54) is 32.2 Å². The number of nitrogens with one attached hydrogen (secondary N) is 1. The Labute approximate surface area is 82.2 Å². The number of halogens is 1. The van der Waals surface area contributed by atoms with Crippen LogP contribution in [-0.4, -0.2) is 30.1 Å². The highest BCUT2D eigenvalue weighted by atomic mass is 79.9. The minimum Gasteiger partial charge on any atom is -0.375 e. The molecule has 0 aromatic rings. The van der Waals surface area contributed by atoms with Gasteiger partial charge in [0.1, 0.15) is 0 Å². The fraction of sp³-hybridized carbons (Fsp3) is 1.00. The van der Waals surface area contributed by atoms with Crippen LogP contribution in [0.4, 0.5) is 0 Å². The van der Waals surface area contributed by atoms with Crippen LogP contribution in [-0.2, 0) is 4.74 Å². The van der Waals surface area contributed by atoms with Crippen molar-refractivity contribution in [1.29, 1.82) is 0 Å². The lowest BCUT2D eigenvalue weighted by Crippen LogP contribution is -2.49. The SMILES string of the molecule is BrC[C@@H]1C[C@@]2(CCCCN2)CO1. The molecule has 0 unspecified atom stereocenters. The highest BCUT2D eigenvalue weighted by molar-refractivity contribution is 9.09. The van der Waals surface area contributed by atoms with E-state index in [9.17, 15) is 0 Å². The van der Waals surface area contributed by atoms with Crippen LogP contribution in [0.3, 0.4) is 0 Å². The number of piperidine rings is 1. The van der Waals surface area contributed by atoms with Crippen molar-refractivity contribution >= 4 is 15.9 Å². The van der Waals surface area contributed by atoms with Gasteiger partial charge < -0.3 is 10.1 Å². The summed E-state index contributed by atoms with van der Waals surface area (Å²) in [5.74, 6) is 0. The zero-order chi connectivity index (χ0) is 8.44. The Morgan fingerprint density at radius 3 is 3.00 bits per heavy atom. The van der Waals surface area contributed by atoms with Crippen LogP contribution in [0.1, 0.15) is 25.7 Å². The van der Waals surface area contributed by atoms with Crippen LogP contribution in [0, 0.1) is 0 Å². The molecule has 2 heterocycles. The lowest BCUT2D eigenvalue weighted by Gasteiger charge is -2.33. The Bertz CT molecular complexity index is 157. The van der Waals surface area contributed by atoms with Gasteiger partial charge in [0.15, 0.2) is 0 Å². The third-order valence-electron chi connectivity index (χ3n) is 2.97. The Morgan fingerprint density at radius 2 is 2.42 bits per heavy atom. The van der Waals surface area contributed by atoms with E-state index in [4.69, 9.17) is 4.74 Å². The maximum atomic E-state index is 5.69. The van der Waals surface area contributed by atoms with Gasteiger partial charge in [0.05, 0.1) is 12.7 Å². The number of rotatable bonds is 1. The molecular formula is C9H16BrNO. The zero-order valence-corrected chi connectivity index (χ0v) is 8.90. The lowest BCUT2D eigenvalue weighted by atomic mass is 9.87. The molecule has 12 heavy (non-hydrogen) atoms. The molecule has 2 aliphatic rings. The van der Waals surface area contributed by atoms with E-state index in [0.717, 1.165) is 11.9 Å². The fourth-order valence-electron chi connectivity index (χ4n) is 2.26. The quantitative estimate of drug-likeness (QED) is 0.697. The molecule has 0 bridgehead atoms. The Kier molecular flexibility index (Phi) is 2.72. The summed E-state index contributed by atoms with van der Waals surface area (Å²) in [5, 5.41) is 4.60. The molecule has 1 N–H and O–H groups in total. The first-order valence-corrected chi connectivity index (χ1v) is 5.89. The van der Waals surface area contributed by atoms with Gasteiger partial charge >= 0.3 is 0 Å². The molecule has 2 fully saturated rings. The molecule has 0 amide bonds. The van der Waals surface area contributed by atoms with Gasteiger partial charge in [-0.15, -0.1) is 0 Å². The van der Waals surface area contributed by atoms with Crippen LogP contribution in [0.2, 0.25) is 0 Å². The topological polar surface area (TPSA) is 21.3 Å². The molecule has 0 radical (unpaired) electrons. The number of ether oxygens (including phenoxy) is 1. The molecule has 1 spiro atoms. The fourth-order valence-corrected chi connectivity index (χ4v) is 2.67. The number of alkyl halides is 1. The van der Waals surface area contributed by atoms with Crippen LogP contribution in [0.5, 0.6) is 0 Å². The number of hydrogen-bond donors (Lipinski definition) is 1. The minimum atomic E-state index is 0.344. The normalized spacial score (nSPS) is 42.2. The van der Waals surface area contributed by atoms with Crippen molar-refractivity contribution in [2.45, 2.75) is 37.3 Å². The first-order chi connectivity index (χ1) is 5.85. The minimum absolute atomic E-state index is 0.344. The second kappa shape index (κ2) is 3.64. The zero-order valence-electron chi connectivity index (χ0n) is 7.31. The van der Waals surface area contributed by atoms with Crippen LogP contribution >= 0.6 is 15.9 Å². The largest absolute Gasteiger partial charge is 0.375 e. The van der Waals surface area contributed by atoms with E-state index in [1.54, 1.807) is 0 Å². The van der Waals surface area contributed by atoms with Gasteiger partial charge in [-0.05, 0) is 25.8 Å². The summed E-state index contributed by atoms with van der Waals surface area (Å²) < 4.78 is 5.69. The second-order valence-corrected chi connectivity index (χ2v) is 4.60. The van der Waals surface area contributed by atoms with Crippen molar-refractivity contribution in [2.24, 2.45) is 0 Å². The van der Waals surface area contributed by atoms with E-state index in [-0.39, 0.29) is 0 Å². The van der Waals surface area contributed by atoms with Crippen LogP contribution in [0.25, 0.3) is 0 Å².